The summed E-state index contributed by atoms with van der Waals surface area (Å²) in [5, 5.41) is 3.25. The minimum atomic E-state index is -1.25. The van der Waals surface area contributed by atoms with Gasteiger partial charge in [-0.15, -0.1) is 0 Å². The molecular formula is C5H18N2O3Si3. The van der Waals surface area contributed by atoms with Gasteiger partial charge in [0.25, 0.3) is 20.0 Å². The molecule has 1 heterocycles. The third kappa shape index (κ3) is 5.70. The van der Waals surface area contributed by atoms with Crippen LogP contribution in [0.25, 0.3) is 0 Å². The van der Waals surface area contributed by atoms with Gasteiger partial charge in [0.05, 0.1) is 0 Å². The molecule has 0 saturated carbocycles. The summed E-state index contributed by atoms with van der Waals surface area (Å²) in [5.74, 6) is 0. The molecule has 0 spiro atoms. The minimum absolute atomic E-state index is 0.625. The Morgan fingerprint density at radius 2 is 2.00 bits per heavy atom. The number of nitrogens with two attached hydrogens (primary N) is 1. The topological polar surface area (TPSA) is 65.7 Å². The van der Waals surface area contributed by atoms with E-state index in [-0.39, 0.29) is 0 Å². The van der Waals surface area contributed by atoms with Crippen molar-refractivity contribution in [3.05, 3.63) is 0 Å². The van der Waals surface area contributed by atoms with E-state index in [1.807, 2.05) is 0 Å². The van der Waals surface area contributed by atoms with Crippen LogP contribution in [-0.2, 0) is 12.3 Å². The highest BCUT2D eigenvalue weighted by Gasteiger charge is 2.16. The van der Waals surface area contributed by atoms with Crippen LogP contribution < -0.4 is 11.1 Å². The Hall–Kier alpha value is 0.451. The van der Waals surface area contributed by atoms with Crippen molar-refractivity contribution in [2.24, 2.45) is 5.73 Å². The van der Waals surface area contributed by atoms with E-state index in [1.165, 1.54) is 0 Å². The predicted molar refractivity (Wildman–Crippen MR) is 58.8 cm³/mol. The van der Waals surface area contributed by atoms with Crippen LogP contribution in [0.15, 0.2) is 0 Å². The van der Waals surface area contributed by atoms with Gasteiger partial charge in [0.15, 0.2) is 0 Å². The molecule has 0 aromatic carbocycles. The summed E-state index contributed by atoms with van der Waals surface area (Å²) in [5.41, 5.74) is 5.34. The molecule has 1 aliphatic rings. The molecule has 78 valence electrons. The van der Waals surface area contributed by atoms with Crippen molar-refractivity contribution in [1.82, 2.24) is 5.32 Å². The van der Waals surface area contributed by atoms with Crippen LogP contribution in [0.2, 0.25) is 6.04 Å². The van der Waals surface area contributed by atoms with Gasteiger partial charge >= 0.3 is 9.28 Å². The van der Waals surface area contributed by atoms with E-state index in [4.69, 9.17) is 18.1 Å². The van der Waals surface area contributed by atoms with Gasteiger partial charge in [-0.25, -0.2) is 0 Å². The summed E-state index contributed by atoms with van der Waals surface area (Å²) in [6.07, 6.45) is 1.14. The Kier molecular flexibility index (Phi) is 6.93. The summed E-state index contributed by atoms with van der Waals surface area (Å²) in [7, 11) is -2.50. The molecule has 1 fully saturated rings. The van der Waals surface area contributed by atoms with Crippen LogP contribution in [0.3, 0.4) is 0 Å². The molecule has 1 aliphatic heterocycles. The van der Waals surface area contributed by atoms with Crippen LogP contribution in [0.5, 0.6) is 0 Å². The highest BCUT2D eigenvalue weighted by molar-refractivity contribution is 6.61. The smallest absolute Gasteiger partial charge is 0.303 e. The monoisotopic (exact) mass is 238 g/mol. The summed E-state index contributed by atoms with van der Waals surface area (Å²) in [4.78, 5) is 0. The summed E-state index contributed by atoms with van der Waals surface area (Å²) < 4.78 is 16.2. The highest BCUT2D eigenvalue weighted by atomic mass is 28.4. The first-order valence-corrected chi connectivity index (χ1v) is 8.72. The first-order chi connectivity index (χ1) is 6.43. The van der Waals surface area contributed by atoms with Crippen LogP contribution >= 0.6 is 0 Å². The maximum atomic E-state index is 5.50. The number of nitrogens with one attached hydrogen (secondary N) is 1. The Morgan fingerprint density at radius 3 is 2.69 bits per heavy atom. The third-order valence-electron chi connectivity index (χ3n) is 1.79. The van der Waals surface area contributed by atoms with Gasteiger partial charge in [0.2, 0.25) is 0 Å². The lowest BCUT2D eigenvalue weighted by atomic mass is 10.5. The highest BCUT2D eigenvalue weighted by Crippen LogP contribution is 2.02. The third-order valence-corrected chi connectivity index (χ3v) is 8.06. The first-order valence-electron chi connectivity index (χ1n) is 4.65. The van der Waals surface area contributed by atoms with Crippen LogP contribution in [-0.4, -0.2) is 48.9 Å². The zero-order chi connectivity index (χ0) is 9.36. The van der Waals surface area contributed by atoms with Gasteiger partial charge in [-0.05, 0) is 19.0 Å². The maximum absolute atomic E-state index is 5.50. The van der Waals surface area contributed by atoms with Crippen LogP contribution in [0.1, 0.15) is 6.42 Å². The van der Waals surface area contributed by atoms with E-state index in [0.717, 1.165) is 25.6 Å². The van der Waals surface area contributed by atoms with E-state index in [1.54, 1.807) is 0 Å². The van der Waals surface area contributed by atoms with Crippen molar-refractivity contribution in [2.45, 2.75) is 12.5 Å². The molecular weight excluding hydrogens is 220 g/mol. The Labute approximate surface area is 85.3 Å². The van der Waals surface area contributed by atoms with Crippen molar-refractivity contribution >= 4 is 29.3 Å². The lowest BCUT2D eigenvalue weighted by molar-refractivity contribution is 0.321. The van der Waals surface area contributed by atoms with Crippen molar-refractivity contribution in [3.63, 3.8) is 0 Å². The molecule has 8 heteroatoms. The summed E-state index contributed by atoms with van der Waals surface area (Å²) >= 11 is 0. The van der Waals surface area contributed by atoms with Gasteiger partial charge in [0.1, 0.15) is 0 Å². The second-order valence-electron chi connectivity index (χ2n) is 2.88. The molecule has 13 heavy (non-hydrogen) atoms. The maximum Gasteiger partial charge on any atom is 0.303 e. The van der Waals surface area contributed by atoms with Gasteiger partial charge in [-0.2, -0.15) is 0 Å². The quantitative estimate of drug-likeness (QED) is 0.387. The molecule has 0 bridgehead atoms. The average Bonchev–Trinajstić information content (AvgIpc) is 2.19. The largest absolute Gasteiger partial charge is 0.425 e. The van der Waals surface area contributed by atoms with Gasteiger partial charge in [0, 0.05) is 13.1 Å². The zero-order valence-electron chi connectivity index (χ0n) is 7.83. The fourth-order valence-electron chi connectivity index (χ4n) is 1.12. The normalized spacial score (nSPS) is 27.0. The van der Waals surface area contributed by atoms with Crippen molar-refractivity contribution < 1.29 is 12.3 Å². The molecule has 0 unspecified atom stereocenters. The van der Waals surface area contributed by atoms with Gasteiger partial charge in [-0.3, -0.25) is 0 Å². The lowest BCUT2D eigenvalue weighted by Gasteiger charge is -2.22. The molecule has 5 nitrogen and oxygen atoms in total. The van der Waals surface area contributed by atoms with E-state index in [2.05, 4.69) is 5.32 Å². The van der Waals surface area contributed by atoms with E-state index in [0.29, 0.717) is 6.54 Å². The van der Waals surface area contributed by atoms with Gasteiger partial charge in [-0.1, -0.05) is 0 Å². The number of rotatable bonds is 6. The van der Waals surface area contributed by atoms with Crippen molar-refractivity contribution in [2.75, 3.05) is 19.6 Å². The fourth-order valence-corrected chi connectivity index (χ4v) is 8.23. The summed E-state index contributed by atoms with van der Waals surface area (Å²) in [6, 6.07) is 1.11. The van der Waals surface area contributed by atoms with Gasteiger partial charge < -0.3 is 23.4 Å². The Bertz CT molecular complexity index is 126. The molecule has 3 N–H and O–H groups in total. The van der Waals surface area contributed by atoms with E-state index in [9.17, 15) is 0 Å². The Morgan fingerprint density at radius 1 is 1.23 bits per heavy atom. The molecule has 0 radical (unpaired) electrons. The zero-order valence-corrected chi connectivity index (χ0v) is 11.8. The van der Waals surface area contributed by atoms with E-state index >= 15 is 0 Å². The van der Waals surface area contributed by atoms with Crippen LogP contribution in [0.4, 0.5) is 0 Å². The summed E-state index contributed by atoms with van der Waals surface area (Å²) in [6.45, 7) is 2.64. The fraction of sp³-hybridized carbons (Fsp3) is 1.00. The van der Waals surface area contributed by atoms with E-state index < -0.39 is 29.3 Å². The van der Waals surface area contributed by atoms with Crippen molar-refractivity contribution in [3.8, 4) is 0 Å². The molecule has 0 atom stereocenters. The standard InChI is InChI=1S/C5H18N2O3Si3/c6-2-4-7-3-1-5-13-9-11-8-12-10-13/h7,13H,1-6,11-12H2. The molecule has 0 aromatic rings. The molecule has 0 aliphatic carbocycles. The molecule has 1 rings (SSSR count). The lowest BCUT2D eigenvalue weighted by Crippen LogP contribution is -2.35. The SMILES string of the molecule is NCCNCCC[SiH]1O[SiH2]O[SiH2]O1. The van der Waals surface area contributed by atoms with Crippen LogP contribution in [0, 0.1) is 0 Å². The Balaban J connectivity index is 1.86. The predicted octanol–water partition coefficient (Wildman–Crippen LogP) is -2.79. The molecule has 0 aromatic heterocycles. The number of hydrogen-bond donors (Lipinski definition) is 2. The molecule has 1 saturated heterocycles. The average molecular weight is 238 g/mol. The minimum Gasteiger partial charge on any atom is -0.425 e. The molecule has 0 amide bonds. The second kappa shape index (κ2) is 7.82. The number of hydrogen-bond acceptors (Lipinski definition) is 5. The first kappa shape index (κ1) is 11.5. The van der Waals surface area contributed by atoms with Crippen molar-refractivity contribution in [1.29, 1.82) is 0 Å². The second-order valence-corrected chi connectivity index (χ2v) is 9.09.